The summed E-state index contributed by atoms with van der Waals surface area (Å²) in [6.45, 7) is 1.91. The van der Waals surface area contributed by atoms with Gasteiger partial charge < -0.3 is 16.3 Å². The molecule has 1 aromatic rings. The number of carbonyl (C=O) groups is 1. The molecule has 0 spiro atoms. The fourth-order valence-electron chi connectivity index (χ4n) is 1.53. The molecule has 0 aliphatic carbocycles. The summed E-state index contributed by atoms with van der Waals surface area (Å²) < 4.78 is 0.660. The van der Waals surface area contributed by atoms with E-state index < -0.39 is 0 Å². The van der Waals surface area contributed by atoms with Crippen molar-refractivity contribution in [1.29, 1.82) is 0 Å². The van der Waals surface area contributed by atoms with Crippen LogP contribution in [0.4, 0.5) is 0 Å². The first-order valence-corrected chi connectivity index (χ1v) is 6.87. The van der Waals surface area contributed by atoms with Crippen LogP contribution in [0.2, 0.25) is 5.02 Å². The molecule has 19 heavy (non-hydrogen) atoms. The number of benzene rings is 1. The molecule has 0 aliphatic rings. The lowest BCUT2D eigenvalue weighted by Gasteiger charge is -2.16. The highest BCUT2D eigenvalue weighted by Gasteiger charge is 2.16. The van der Waals surface area contributed by atoms with Gasteiger partial charge in [-0.05, 0) is 40.5 Å². The monoisotopic (exact) mass is 347 g/mol. The van der Waals surface area contributed by atoms with Crippen molar-refractivity contribution in [2.24, 2.45) is 10.9 Å². The van der Waals surface area contributed by atoms with Crippen molar-refractivity contribution in [2.75, 3.05) is 0 Å². The molecule has 0 radical (unpaired) electrons. The molecule has 5 nitrogen and oxygen atoms in total. The van der Waals surface area contributed by atoms with Crippen LogP contribution in [0.15, 0.2) is 27.8 Å². The molecular formula is C12H15BrClN3O2. The molecule has 7 heteroatoms. The summed E-state index contributed by atoms with van der Waals surface area (Å²) in [5, 5.41) is 14.7. The van der Waals surface area contributed by atoms with Gasteiger partial charge in [-0.3, -0.25) is 4.79 Å². The second-order valence-corrected chi connectivity index (χ2v) is 5.29. The van der Waals surface area contributed by atoms with Gasteiger partial charge in [-0.1, -0.05) is 23.7 Å². The van der Waals surface area contributed by atoms with Crippen LogP contribution in [0.25, 0.3) is 0 Å². The van der Waals surface area contributed by atoms with Crippen LogP contribution < -0.4 is 11.1 Å². The summed E-state index contributed by atoms with van der Waals surface area (Å²) in [5.41, 5.74) is 5.89. The Kier molecular flexibility index (Phi) is 6.11. The quantitative estimate of drug-likeness (QED) is 0.331. The minimum absolute atomic E-state index is 0.0808. The van der Waals surface area contributed by atoms with Gasteiger partial charge >= 0.3 is 0 Å². The Morgan fingerprint density at radius 3 is 2.89 bits per heavy atom. The first-order chi connectivity index (χ1) is 8.97. The van der Waals surface area contributed by atoms with Gasteiger partial charge in [0.2, 0.25) is 0 Å². The number of halogens is 2. The number of carbonyl (C=O) groups excluding carboxylic acids is 1. The Labute approximate surface area is 124 Å². The molecule has 4 N–H and O–H groups in total. The lowest BCUT2D eigenvalue weighted by molar-refractivity contribution is 0.0936. The van der Waals surface area contributed by atoms with E-state index in [1.54, 1.807) is 18.2 Å². The SMILES string of the molecule is CCC(C/C(N)=N/O)NC(=O)c1cc(Cl)ccc1Br. The minimum Gasteiger partial charge on any atom is -0.409 e. The van der Waals surface area contributed by atoms with E-state index in [1.165, 1.54) is 0 Å². The van der Waals surface area contributed by atoms with Crippen molar-refractivity contribution in [3.05, 3.63) is 33.3 Å². The average Bonchev–Trinajstić information content (AvgIpc) is 2.40. The summed E-state index contributed by atoms with van der Waals surface area (Å²) in [4.78, 5) is 12.1. The second-order valence-electron chi connectivity index (χ2n) is 4.00. The third-order valence-corrected chi connectivity index (χ3v) is 3.51. The van der Waals surface area contributed by atoms with Crippen LogP contribution in [0, 0.1) is 0 Å². The van der Waals surface area contributed by atoms with Crippen LogP contribution in [-0.4, -0.2) is 23.0 Å². The number of oxime groups is 1. The van der Waals surface area contributed by atoms with Crippen molar-refractivity contribution in [1.82, 2.24) is 5.32 Å². The van der Waals surface area contributed by atoms with Crippen LogP contribution in [0.5, 0.6) is 0 Å². The summed E-state index contributed by atoms with van der Waals surface area (Å²) in [7, 11) is 0. The molecule has 104 valence electrons. The zero-order valence-corrected chi connectivity index (χ0v) is 12.7. The van der Waals surface area contributed by atoms with Gasteiger partial charge in [-0.2, -0.15) is 0 Å². The van der Waals surface area contributed by atoms with Gasteiger partial charge in [0.05, 0.1) is 5.56 Å². The lowest BCUT2D eigenvalue weighted by atomic mass is 10.1. The van der Waals surface area contributed by atoms with E-state index in [9.17, 15) is 4.79 Å². The normalized spacial score (nSPS) is 13.1. The molecule has 0 fully saturated rings. The van der Waals surface area contributed by atoms with E-state index in [1.807, 2.05) is 6.92 Å². The molecule has 0 heterocycles. The van der Waals surface area contributed by atoms with Gasteiger partial charge in [0.15, 0.2) is 0 Å². The second kappa shape index (κ2) is 7.35. The van der Waals surface area contributed by atoms with Crippen LogP contribution in [-0.2, 0) is 0 Å². The Morgan fingerprint density at radius 2 is 2.32 bits per heavy atom. The average molecular weight is 349 g/mol. The lowest BCUT2D eigenvalue weighted by Crippen LogP contribution is -2.37. The third kappa shape index (κ3) is 4.72. The smallest absolute Gasteiger partial charge is 0.252 e. The minimum atomic E-state index is -0.257. The highest BCUT2D eigenvalue weighted by Crippen LogP contribution is 2.21. The zero-order chi connectivity index (χ0) is 14.4. The van der Waals surface area contributed by atoms with Gasteiger partial charge in [0.25, 0.3) is 5.91 Å². The Morgan fingerprint density at radius 1 is 1.63 bits per heavy atom. The maximum atomic E-state index is 12.1. The summed E-state index contributed by atoms with van der Waals surface area (Å²) >= 11 is 9.16. The predicted octanol–water partition coefficient (Wildman–Crippen LogP) is 2.75. The topological polar surface area (TPSA) is 87.7 Å². The Bertz CT molecular complexity index is 494. The first-order valence-electron chi connectivity index (χ1n) is 5.70. The van der Waals surface area contributed by atoms with E-state index >= 15 is 0 Å². The van der Waals surface area contributed by atoms with Gasteiger partial charge in [-0.15, -0.1) is 0 Å². The van der Waals surface area contributed by atoms with Crippen molar-refractivity contribution >= 4 is 39.3 Å². The van der Waals surface area contributed by atoms with Crippen LogP contribution in [0.3, 0.4) is 0 Å². The maximum absolute atomic E-state index is 12.1. The van der Waals surface area contributed by atoms with E-state index in [0.717, 1.165) is 0 Å². The zero-order valence-electron chi connectivity index (χ0n) is 10.4. The van der Waals surface area contributed by atoms with Crippen molar-refractivity contribution in [2.45, 2.75) is 25.8 Å². The number of nitrogens with zero attached hydrogens (tertiary/aromatic N) is 1. The molecule has 1 unspecified atom stereocenters. The third-order valence-electron chi connectivity index (χ3n) is 2.59. The molecule has 0 saturated carbocycles. The van der Waals surface area contributed by atoms with Crippen molar-refractivity contribution < 1.29 is 10.0 Å². The highest BCUT2D eigenvalue weighted by atomic mass is 79.9. The Balaban J connectivity index is 2.80. The van der Waals surface area contributed by atoms with Gasteiger partial charge in [-0.25, -0.2) is 0 Å². The number of nitrogens with two attached hydrogens (primary N) is 1. The number of hydrogen-bond acceptors (Lipinski definition) is 3. The van der Waals surface area contributed by atoms with E-state index in [2.05, 4.69) is 26.4 Å². The summed E-state index contributed by atoms with van der Waals surface area (Å²) in [6, 6.07) is 4.78. The fourth-order valence-corrected chi connectivity index (χ4v) is 2.12. The summed E-state index contributed by atoms with van der Waals surface area (Å²) in [6.07, 6.45) is 0.955. The van der Waals surface area contributed by atoms with Crippen LogP contribution >= 0.6 is 27.5 Å². The summed E-state index contributed by atoms with van der Waals surface area (Å²) in [5.74, 6) is -0.177. The molecule has 1 amide bonds. The molecule has 1 atom stereocenters. The van der Waals surface area contributed by atoms with Crippen molar-refractivity contribution in [3.8, 4) is 0 Å². The Hall–Kier alpha value is -1.27. The fraction of sp³-hybridized carbons (Fsp3) is 0.333. The van der Waals surface area contributed by atoms with Crippen molar-refractivity contribution in [3.63, 3.8) is 0 Å². The molecule has 0 aliphatic heterocycles. The number of hydrogen-bond donors (Lipinski definition) is 3. The number of amides is 1. The first kappa shape index (κ1) is 15.8. The maximum Gasteiger partial charge on any atom is 0.252 e. The van der Waals surface area contributed by atoms with E-state index in [0.29, 0.717) is 21.5 Å². The van der Waals surface area contributed by atoms with E-state index in [4.69, 9.17) is 22.5 Å². The number of amidine groups is 1. The molecule has 0 aromatic heterocycles. The predicted molar refractivity (Wildman–Crippen MR) is 78.7 cm³/mol. The van der Waals surface area contributed by atoms with Gasteiger partial charge in [0, 0.05) is 22.0 Å². The molecule has 0 saturated heterocycles. The molecule has 1 aromatic carbocycles. The standard InChI is InChI=1S/C12H15BrClN3O2/c1-2-8(6-11(15)17-19)16-12(18)9-5-7(14)3-4-10(9)13/h3-5,8,19H,2,6H2,1H3,(H2,15,17)(H,16,18). The van der Waals surface area contributed by atoms with Gasteiger partial charge in [0.1, 0.15) is 5.84 Å². The molecule has 0 bridgehead atoms. The van der Waals surface area contributed by atoms with Crippen LogP contribution in [0.1, 0.15) is 30.1 Å². The largest absolute Gasteiger partial charge is 0.409 e. The molecule has 1 rings (SSSR count). The molecular weight excluding hydrogens is 334 g/mol. The number of rotatable bonds is 5. The van der Waals surface area contributed by atoms with E-state index in [-0.39, 0.29) is 24.2 Å². The highest BCUT2D eigenvalue weighted by molar-refractivity contribution is 9.10. The number of nitrogens with one attached hydrogen (secondary N) is 1.